The van der Waals surface area contributed by atoms with Gasteiger partial charge in [-0.15, -0.1) is 23.2 Å². The highest BCUT2D eigenvalue weighted by Crippen LogP contribution is 2.13. The lowest BCUT2D eigenvalue weighted by Gasteiger charge is -2.06. The average molecular weight is 245 g/mol. The molecule has 1 nitrogen and oxygen atoms in total. The zero-order valence-electron chi connectivity index (χ0n) is 8.67. The highest BCUT2D eigenvalue weighted by molar-refractivity contribution is 6.34. The molecule has 0 saturated heterocycles. The van der Waals surface area contributed by atoms with Crippen LogP contribution in [0.1, 0.15) is 29.3 Å². The van der Waals surface area contributed by atoms with Crippen molar-refractivity contribution in [2.75, 3.05) is 5.88 Å². The summed E-state index contributed by atoms with van der Waals surface area (Å²) in [7, 11) is 0. The number of ketones is 1. The number of carbonyl (C=O) groups excluding carboxylic acids is 1. The summed E-state index contributed by atoms with van der Waals surface area (Å²) in [5.74, 6) is 0.368. The van der Waals surface area contributed by atoms with Gasteiger partial charge in [-0.1, -0.05) is 31.2 Å². The SMILES string of the molecule is CCc1ccc(C(=O)C(Cl)CCCl)cc1. The zero-order chi connectivity index (χ0) is 11.3. The second-order valence-corrected chi connectivity index (χ2v) is 4.26. The molecule has 3 heteroatoms. The van der Waals surface area contributed by atoms with Crippen LogP contribution < -0.4 is 0 Å². The number of Topliss-reactive ketones (excluding diaryl/α,β-unsaturated/α-hetero) is 1. The summed E-state index contributed by atoms with van der Waals surface area (Å²) in [4.78, 5) is 11.7. The first-order valence-corrected chi connectivity index (χ1v) is 5.99. The van der Waals surface area contributed by atoms with E-state index in [1.807, 2.05) is 24.3 Å². The van der Waals surface area contributed by atoms with Crippen LogP contribution in [0.25, 0.3) is 0 Å². The Morgan fingerprint density at radius 3 is 2.40 bits per heavy atom. The molecule has 0 aromatic heterocycles. The predicted octanol–water partition coefficient (Wildman–Crippen LogP) is 3.67. The third-order valence-electron chi connectivity index (χ3n) is 2.29. The molecular formula is C12H14Cl2O. The Morgan fingerprint density at radius 1 is 1.33 bits per heavy atom. The highest BCUT2D eigenvalue weighted by Gasteiger charge is 2.16. The Bertz CT molecular complexity index is 319. The normalized spacial score (nSPS) is 12.5. The molecule has 0 bridgehead atoms. The summed E-state index contributed by atoms with van der Waals surface area (Å²) in [6, 6.07) is 7.56. The van der Waals surface area contributed by atoms with Gasteiger partial charge in [0.25, 0.3) is 0 Å². The van der Waals surface area contributed by atoms with Crippen LogP contribution in [-0.2, 0) is 6.42 Å². The second kappa shape index (κ2) is 6.14. The molecule has 15 heavy (non-hydrogen) atoms. The van der Waals surface area contributed by atoms with Gasteiger partial charge in [0.2, 0.25) is 0 Å². The van der Waals surface area contributed by atoms with E-state index in [0.29, 0.717) is 17.9 Å². The first kappa shape index (κ1) is 12.5. The Morgan fingerprint density at radius 2 is 1.93 bits per heavy atom. The predicted molar refractivity (Wildman–Crippen MR) is 65.1 cm³/mol. The number of hydrogen-bond donors (Lipinski definition) is 0. The van der Waals surface area contributed by atoms with Crippen LogP contribution in [0, 0.1) is 0 Å². The van der Waals surface area contributed by atoms with Gasteiger partial charge in [0, 0.05) is 11.4 Å². The van der Waals surface area contributed by atoms with E-state index in [0.717, 1.165) is 6.42 Å². The fourth-order valence-corrected chi connectivity index (χ4v) is 1.88. The standard InChI is InChI=1S/C12H14Cl2O/c1-2-9-3-5-10(6-4-9)12(15)11(14)7-8-13/h3-6,11H,2,7-8H2,1H3. The van der Waals surface area contributed by atoms with Crippen molar-refractivity contribution in [2.24, 2.45) is 0 Å². The Hall–Kier alpha value is -0.530. The van der Waals surface area contributed by atoms with Crippen LogP contribution in [0.2, 0.25) is 0 Å². The topological polar surface area (TPSA) is 17.1 Å². The minimum absolute atomic E-state index is 0.0417. The van der Waals surface area contributed by atoms with Gasteiger partial charge in [-0.05, 0) is 18.4 Å². The quantitative estimate of drug-likeness (QED) is 0.571. The Balaban J connectivity index is 2.73. The van der Waals surface area contributed by atoms with Crippen molar-refractivity contribution in [3.05, 3.63) is 35.4 Å². The number of rotatable bonds is 5. The number of hydrogen-bond acceptors (Lipinski definition) is 1. The largest absolute Gasteiger partial charge is 0.293 e. The molecule has 0 heterocycles. The third-order valence-corrected chi connectivity index (χ3v) is 2.93. The van der Waals surface area contributed by atoms with Crippen molar-refractivity contribution in [2.45, 2.75) is 25.1 Å². The fraction of sp³-hybridized carbons (Fsp3) is 0.417. The minimum Gasteiger partial charge on any atom is -0.293 e. The summed E-state index contributed by atoms with van der Waals surface area (Å²) in [5.41, 5.74) is 1.88. The van der Waals surface area contributed by atoms with E-state index >= 15 is 0 Å². The van der Waals surface area contributed by atoms with E-state index in [-0.39, 0.29) is 5.78 Å². The van der Waals surface area contributed by atoms with Gasteiger partial charge in [0.1, 0.15) is 0 Å². The second-order valence-electron chi connectivity index (χ2n) is 3.36. The van der Waals surface area contributed by atoms with Crippen LogP contribution in [-0.4, -0.2) is 17.0 Å². The third kappa shape index (κ3) is 3.51. The molecule has 0 aliphatic rings. The summed E-state index contributed by atoms with van der Waals surface area (Å²) in [6.45, 7) is 2.08. The van der Waals surface area contributed by atoms with Crippen LogP contribution in [0.5, 0.6) is 0 Å². The van der Waals surface area contributed by atoms with Crippen LogP contribution in [0.4, 0.5) is 0 Å². The van der Waals surface area contributed by atoms with E-state index in [2.05, 4.69) is 6.92 Å². The molecule has 0 aliphatic carbocycles. The molecule has 1 rings (SSSR count). The summed E-state index contributed by atoms with van der Waals surface area (Å²) in [6.07, 6.45) is 1.48. The molecule has 82 valence electrons. The van der Waals surface area contributed by atoms with Gasteiger partial charge in [0.05, 0.1) is 5.38 Å². The van der Waals surface area contributed by atoms with Crippen LogP contribution in [0.15, 0.2) is 24.3 Å². The molecule has 1 atom stereocenters. The van der Waals surface area contributed by atoms with Crippen molar-refractivity contribution >= 4 is 29.0 Å². The first-order chi connectivity index (χ1) is 7.19. The molecular weight excluding hydrogens is 231 g/mol. The van der Waals surface area contributed by atoms with Crippen molar-refractivity contribution in [3.8, 4) is 0 Å². The van der Waals surface area contributed by atoms with E-state index in [1.165, 1.54) is 5.56 Å². The molecule has 0 aliphatic heterocycles. The van der Waals surface area contributed by atoms with E-state index in [1.54, 1.807) is 0 Å². The Kier molecular flexibility index (Phi) is 5.13. The lowest BCUT2D eigenvalue weighted by molar-refractivity contribution is 0.0986. The van der Waals surface area contributed by atoms with Crippen molar-refractivity contribution in [3.63, 3.8) is 0 Å². The van der Waals surface area contributed by atoms with Gasteiger partial charge in [-0.3, -0.25) is 4.79 Å². The lowest BCUT2D eigenvalue weighted by Crippen LogP contribution is -2.15. The smallest absolute Gasteiger partial charge is 0.180 e. The lowest BCUT2D eigenvalue weighted by atomic mass is 10.0. The molecule has 0 saturated carbocycles. The van der Waals surface area contributed by atoms with Gasteiger partial charge in [0.15, 0.2) is 5.78 Å². The van der Waals surface area contributed by atoms with E-state index < -0.39 is 5.38 Å². The monoisotopic (exact) mass is 244 g/mol. The summed E-state index contributed by atoms with van der Waals surface area (Å²) >= 11 is 11.4. The summed E-state index contributed by atoms with van der Waals surface area (Å²) < 4.78 is 0. The zero-order valence-corrected chi connectivity index (χ0v) is 10.2. The van der Waals surface area contributed by atoms with Crippen LogP contribution in [0.3, 0.4) is 0 Å². The van der Waals surface area contributed by atoms with Gasteiger partial charge >= 0.3 is 0 Å². The summed E-state index contributed by atoms with van der Waals surface area (Å²) in [5, 5.41) is -0.505. The number of carbonyl (C=O) groups is 1. The molecule has 1 aromatic rings. The van der Waals surface area contributed by atoms with Gasteiger partial charge < -0.3 is 0 Å². The van der Waals surface area contributed by atoms with Crippen LogP contribution >= 0.6 is 23.2 Å². The minimum atomic E-state index is -0.505. The molecule has 1 unspecified atom stereocenters. The maximum Gasteiger partial charge on any atom is 0.180 e. The molecule has 0 N–H and O–H groups in total. The molecule has 0 radical (unpaired) electrons. The van der Waals surface area contributed by atoms with Crippen molar-refractivity contribution < 1.29 is 4.79 Å². The average Bonchev–Trinajstić information content (AvgIpc) is 2.28. The number of halogens is 2. The maximum absolute atomic E-state index is 11.7. The molecule has 1 aromatic carbocycles. The van der Waals surface area contributed by atoms with Gasteiger partial charge in [-0.25, -0.2) is 0 Å². The van der Waals surface area contributed by atoms with Crippen molar-refractivity contribution in [1.29, 1.82) is 0 Å². The Labute approximate surface area is 100 Å². The number of benzene rings is 1. The van der Waals surface area contributed by atoms with E-state index in [9.17, 15) is 4.79 Å². The van der Waals surface area contributed by atoms with E-state index in [4.69, 9.17) is 23.2 Å². The first-order valence-electron chi connectivity index (χ1n) is 5.02. The molecule has 0 fully saturated rings. The van der Waals surface area contributed by atoms with Gasteiger partial charge in [-0.2, -0.15) is 0 Å². The number of alkyl halides is 2. The number of aryl methyl sites for hydroxylation is 1. The fourth-order valence-electron chi connectivity index (χ4n) is 1.31. The molecule has 0 amide bonds. The maximum atomic E-state index is 11.7. The highest BCUT2D eigenvalue weighted by atomic mass is 35.5. The van der Waals surface area contributed by atoms with Crippen molar-refractivity contribution in [1.82, 2.24) is 0 Å². The molecule has 0 spiro atoms.